The van der Waals surface area contributed by atoms with E-state index in [0.717, 1.165) is 75.0 Å². The number of ether oxygens (including phenoxy) is 3. The molecule has 378 valence electrons. The van der Waals surface area contributed by atoms with Crippen LogP contribution in [0.3, 0.4) is 0 Å². The van der Waals surface area contributed by atoms with Crippen LogP contribution in [0.1, 0.15) is 123 Å². The highest BCUT2D eigenvalue weighted by Crippen LogP contribution is 2.60. The minimum Gasteiger partial charge on any atom is -0.462 e. The van der Waals surface area contributed by atoms with E-state index in [1.54, 1.807) is 12.2 Å². The molecule has 1 aromatic heterocycles. The standard InChI is InChI=1S/C46H73N3O16P2/c1-4-5-6-7-8-9-10-11-12-13-14-15-16-17-21-24-27-37(50)29-30-41(51)60-33-38(63-42(52)28-25-22-19-18-20-23-26-36(2)3)34-61-66(56,57)65-67(58,59)62-35-39-43(53)44(54)45(64-39)49-32-31-40(47)48-46(49)55/h5-6,8-9,11-12,14-15,17,21,24,27,31-32,36-39,43-45,50,53-54H,4,7,10,13,16,18-20,22-23,25-26,28-30,33-35H2,1-3H3,(H,56,57)(H,58,59)(H2,47,48,55)/b6-5-,9-8-,12-11-,15-14-,21-17-,27-24-/t37?,38-,39-,43-,44-,45-/m1/s1. The second-order valence-electron chi connectivity index (χ2n) is 16.2. The zero-order chi connectivity index (χ0) is 49.5. The van der Waals surface area contributed by atoms with Gasteiger partial charge in [0.1, 0.15) is 30.7 Å². The number of aromatic nitrogens is 2. The highest BCUT2D eigenvalue weighted by molar-refractivity contribution is 7.61. The summed E-state index contributed by atoms with van der Waals surface area (Å²) in [6.07, 6.45) is 26.7. The summed E-state index contributed by atoms with van der Waals surface area (Å²) in [4.78, 5) is 61.6. The number of phosphoric ester groups is 2. The quantitative estimate of drug-likeness (QED) is 0.0127. The number of nitrogens with two attached hydrogens (primary N) is 1. The third kappa shape index (κ3) is 27.7. The Bertz CT molecular complexity index is 1930. The van der Waals surface area contributed by atoms with Crippen molar-refractivity contribution in [1.29, 1.82) is 0 Å². The summed E-state index contributed by atoms with van der Waals surface area (Å²) < 4.78 is 56.3. The zero-order valence-electron chi connectivity index (χ0n) is 38.9. The maximum absolute atomic E-state index is 12.8. The maximum atomic E-state index is 12.8. The van der Waals surface area contributed by atoms with E-state index in [4.69, 9.17) is 29.0 Å². The van der Waals surface area contributed by atoms with E-state index < -0.39 is 89.8 Å². The third-order valence-corrected chi connectivity index (χ3v) is 12.5. The van der Waals surface area contributed by atoms with Gasteiger partial charge < -0.3 is 45.1 Å². The number of anilines is 1. The molecular formula is C46H73N3O16P2. The fourth-order valence-electron chi connectivity index (χ4n) is 6.25. The molecule has 0 bridgehead atoms. The van der Waals surface area contributed by atoms with Gasteiger partial charge in [-0.2, -0.15) is 9.29 Å². The SMILES string of the molecule is CC/C=C\C/C=C\C/C=C\C/C=C\C/C=C\C=C/C(O)CCC(=O)OC[C@H](COP(=O)(O)OP(=O)(O)OC[C@H]1O[C@@H](n2ccc(N)nc2=O)[C@H](O)[C@@H]1O)OC(=O)CCCCCCCCC(C)C. The number of hydrogen-bond acceptors (Lipinski definition) is 16. The number of aliphatic hydroxyl groups is 3. The van der Waals surface area contributed by atoms with Crippen LogP contribution in [0, 0.1) is 5.92 Å². The Hall–Kier alpha value is -3.84. The van der Waals surface area contributed by atoms with Crippen LogP contribution in [0.25, 0.3) is 0 Å². The molecule has 0 radical (unpaired) electrons. The van der Waals surface area contributed by atoms with Gasteiger partial charge in [-0.05, 0) is 56.9 Å². The number of hydrogen-bond donors (Lipinski definition) is 6. The van der Waals surface area contributed by atoms with Crippen molar-refractivity contribution < 1.29 is 71.4 Å². The number of nitrogen functional groups attached to an aromatic ring is 1. The molecule has 67 heavy (non-hydrogen) atoms. The number of unbranched alkanes of at least 4 members (excludes halogenated alkanes) is 5. The van der Waals surface area contributed by atoms with E-state index in [1.807, 2.05) is 12.2 Å². The van der Waals surface area contributed by atoms with Crippen molar-refractivity contribution in [3.63, 3.8) is 0 Å². The summed E-state index contributed by atoms with van der Waals surface area (Å²) in [5, 5.41) is 31.2. The second kappa shape index (κ2) is 33.6. The lowest BCUT2D eigenvalue weighted by Crippen LogP contribution is -2.36. The molecule has 1 aromatic rings. The van der Waals surface area contributed by atoms with Crippen LogP contribution in [0.2, 0.25) is 0 Å². The van der Waals surface area contributed by atoms with Gasteiger partial charge in [0.25, 0.3) is 0 Å². The van der Waals surface area contributed by atoms with E-state index in [1.165, 1.54) is 12.1 Å². The molecular weight excluding hydrogens is 912 g/mol. The number of esters is 2. The molecule has 1 aliphatic rings. The molecule has 7 N–H and O–H groups in total. The Morgan fingerprint density at radius 1 is 0.806 bits per heavy atom. The summed E-state index contributed by atoms with van der Waals surface area (Å²) in [6, 6.07) is 1.23. The minimum absolute atomic E-state index is 0.00355. The van der Waals surface area contributed by atoms with Crippen molar-refractivity contribution in [2.75, 3.05) is 25.6 Å². The van der Waals surface area contributed by atoms with Gasteiger partial charge in [-0.15, -0.1) is 0 Å². The van der Waals surface area contributed by atoms with Gasteiger partial charge in [0, 0.05) is 19.0 Å². The Kier molecular flexibility index (Phi) is 29.7. The first-order chi connectivity index (χ1) is 31.9. The van der Waals surface area contributed by atoms with Crippen LogP contribution < -0.4 is 11.4 Å². The van der Waals surface area contributed by atoms with Gasteiger partial charge in [-0.25, -0.2) is 13.9 Å². The van der Waals surface area contributed by atoms with E-state index in [2.05, 4.69) is 72.6 Å². The van der Waals surface area contributed by atoms with Crippen LogP contribution in [0.5, 0.6) is 0 Å². The average Bonchev–Trinajstić information content (AvgIpc) is 3.54. The van der Waals surface area contributed by atoms with Crippen molar-refractivity contribution in [3.8, 4) is 0 Å². The number of carbonyl (C=O) groups is 2. The van der Waals surface area contributed by atoms with Crippen molar-refractivity contribution in [1.82, 2.24) is 9.55 Å². The molecule has 21 heteroatoms. The fraction of sp³-hybridized carbons (Fsp3) is 0.609. The normalized spacial score (nSPS) is 20.8. The number of phosphoric acid groups is 2. The molecule has 2 rings (SSSR count). The number of carbonyl (C=O) groups excluding carboxylic acids is 2. The van der Waals surface area contributed by atoms with Gasteiger partial charge in [0.15, 0.2) is 12.3 Å². The number of nitrogens with zero attached hydrogens (tertiary/aromatic N) is 2. The lowest BCUT2D eigenvalue weighted by atomic mass is 10.0. The monoisotopic (exact) mass is 985 g/mol. The Labute approximate surface area is 394 Å². The van der Waals surface area contributed by atoms with Crippen LogP contribution >= 0.6 is 15.6 Å². The molecule has 1 saturated heterocycles. The number of allylic oxidation sites excluding steroid dienone is 11. The summed E-state index contributed by atoms with van der Waals surface area (Å²) in [7, 11) is -10.9. The number of rotatable bonds is 35. The largest absolute Gasteiger partial charge is 0.481 e. The van der Waals surface area contributed by atoms with Crippen LogP contribution in [-0.2, 0) is 46.3 Å². The summed E-state index contributed by atoms with van der Waals surface area (Å²) >= 11 is 0. The van der Waals surface area contributed by atoms with Crippen molar-refractivity contribution in [2.45, 2.75) is 154 Å². The van der Waals surface area contributed by atoms with Crippen LogP contribution in [0.15, 0.2) is 90.0 Å². The van der Waals surface area contributed by atoms with E-state index in [9.17, 15) is 48.6 Å². The zero-order valence-corrected chi connectivity index (χ0v) is 40.7. The topological polar surface area (TPSA) is 286 Å². The third-order valence-electron chi connectivity index (χ3n) is 9.85. The molecule has 1 fully saturated rings. The molecule has 3 unspecified atom stereocenters. The van der Waals surface area contributed by atoms with Gasteiger partial charge in [0.2, 0.25) is 0 Å². The predicted octanol–water partition coefficient (Wildman–Crippen LogP) is 7.38. The van der Waals surface area contributed by atoms with Crippen molar-refractivity contribution >= 4 is 33.4 Å². The van der Waals surface area contributed by atoms with E-state index >= 15 is 0 Å². The van der Waals surface area contributed by atoms with E-state index in [0.29, 0.717) is 18.8 Å². The molecule has 19 nitrogen and oxygen atoms in total. The van der Waals surface area contributed by atoms with E-state index in [-0.39, 0.29) is 25.1 Å². The first kappa shape index (κ1) is 59.3. The lowest BCUT2D eigenvalue weighted by Gasteiger charge is -2.21. The molecule has 0 spiro atoms. The first-order valence-electron chi connectivity index (χ1n) is 22.9. The smallest absolute Gasteiger partial charge is 0.462 e. The van der Waals surface area contributed by atoms with Gasteiger partial charge >= 0.3 is 33.3 Å². The first-order valence-corrected chi connectivity index (χ1v) is 25.9. The molecule has 1 aliphatic heterocycles. The molecule has 2 heterocycles. The van der Waals surface area contributed by atoms with Gasteiger partial charge in [-0.3, -0.25) is 23.2 Å². The molecule has 8 atom stereocenters. The lowest BCUT2D eigenvalue weighted by molar-refractivity contribution is -0.161. The molecule has 0 aromatic carbocycles. The maximum Gasteiger partial charge on any atom is 0.481 e. The molecule has 0 aliphatic carbocycles. The molecule has 0 amide bonds. The highest BCUT2D eigenvalue weighted by atomic mass is 31.3. The van der Waals surface area contributed by atoms with Gasteiger partial charge in [0.05, 0.1) is 19.3 Å². The Morgan fingerprint density at radius 3 is 2.03 bits per heavy atom. The summed E-state index contributed by atoms with van der Waals surface area (Å²) in [6.45, 7) is 3.93. The number of aliphatic hydroxyl groups excluding tert-OH is 3. The summed E-state index contributed by atoms with van der Waals surface area (Å²) in [5.74, 6) is -0.966. The fourth-order valence-corrected chi connectivity index (χ4v) is 8.36. The van der Waals surface area contributed by atoms with Gasteiger partial charge in [-0.1, -0.05) is 132 Å². The predicted molar refractivity (Wildman–Crippen MR) is 253 cm³/mol. The average molecular weight is 986 g/mol. The van der Waals surface area contributed by atoms with Crippen LogP contribution in [-0.4, -0.2) is 96.9 Å². The summed E-state index contributed by atoms with van der Waals surface area (Å²) in [5.41, 5.74) is 4.55. The highest BCUT2D eigenvalue weighted by Gasteiger charge is 2.46. The van der Waals surface area contributed by atoms with Crippen molar-refractivity contribution in [3.05, 3.63) is 95.7 Å². The minimum atomic E-state index is -5.47. The second-order valence-corrected chi connectivity index (χ2v) is 19.2. The van der Waals surface area contributed by atoms with Crippen molar-refractivity contribution in [2.24, 2.45) is 5.92 Å². The Balaban J connectivity index is 1.87. The Morgan fingerprint density at radius 2 is 1.40 bits per heavy atom. The molecule has 0 saturated carbocycles. The van der Waals surface area contributed by atoms with Crippen LogP contribution in [0.4, 0.5) is 5.82 Å².